The summed E-state index contributed by atoms with van der Waals surface area (Å²) in [6.45, 7) is 8.08. The Morgan fingerprint density at radius 1 is 0.938 bits per heavy atom. The number of rotatable bonds is 9. The van der Waals surface area contributed by atoms with Gasteiger partial charge < -0.3 is 13.3 Å². The molecule has 0 saturated heterocycles. The molecule has 0 aliphatic carbocycles. The molecule has 0 bridgehead atoms. The summed E-state index contributed by atoms with van der Waals surface area (Å²) in [5.74, 6) is 0.0413. The van der Waals surface area contributed by atoms with Crippen LogP contribution >= 0.6 is 10.2 Å². The Morgan fingerprint density at radius 2 is 1.31 bits per heavy atom. The van der Waals surface area contributed by atoms with Crippen LogP contribution in [0.25, 0.3) is 0 Å². The molecule has 98 valence electrons. The molecule has 5 nitrogen and oxygen atoms in total. The maximum atomic E-state index is 11.6. The number of hydrogen-bond donors (Lipinski definition) is 0. The van der Waals surface area contributed by atoms with E-state index in [9.17, 15) is 8.42 Å². The first-order valence-corrected chi connectivity index (χ1v) is 10.7. The van der Waals surface area contributed by atoms with E-state index in [1.807, 2.05) is 0 Å². The average Bonchev–Trinajstić information content (AvgIpc) is 2.18. The van der Waals surface area contributed by atoms with Crippen LogP contribution in [0.5, 0.6) is 0 Å². The molecule has 0 fully saturated rings. The molecule has 0 amide bonds. The fourth-order valence-electron chi connectivity index (χ4n) is 0.942. The molecule has 0 aliphatic rings. The minimum atomic E-state index is -3.24. The third-order valence-electron chi connectivity index (χ3n) is 1.55. The largest absolute Gasteiger partial charge is 0.588 e. The third kappa shape index (κ3) is 5.64. The van der Waals surface area contributed by atoms with E-state index in [1.54, 1.807) is 27.7 Å². The first-order chi connectivity index (χ1) is 7.45. The lowest BCUT2D eigenvalue weighted by Gasteiger charge is -2.26. The molecule has 0 aromatic carbocycles. The van der Waals surface area contributed by atoms with Crippen molar-refractivity contribution in [3.63, 3.8) is 0 Å². The summed E-state index contributed by atoms with van der Waals surface area (Å²) in [6.07, 6.45) is 0. The van der Waals surface area contributed by atoms with Crippen molar-refractivity contribution in [2.75, 3.05) is 25.6 Å². The monoisotopic (exact) mass is 288 g/mol. The van der Waals surface area contributed by atoms with Gasteiger partial charge in [0.1, 0.15) is 0 Å². The highest BCUT2D eigenvalue weighted by atomic mass is 33.2. The quantitative estimate of drug-likeness (QED) is 0.474. The first kappa shape index (κ1) is 16.4. The molecule has 0 rings (SSSR count). The van der Waals surface area contributed by atoms with Gasteiger partial charge in [0.15, 0.2) is 0 Å². The van der Waals surface area contributed by atoms with E-state index < -0.39 is 16.8 Å². The second-order valence-electron chi connectivity index (χ2n) is 2.73. The first-order valence-electron chi connectivity index (χ1n) is 5.30. The predicted octanol–water partition coefficient (Wildman–Crippen LogP) is 1.61. The van der Waals surface area contributed by atoms with Crippen LogP contribution in [0, 0.1) is 0 Å². The predicted molar refractivity (Wildman–Crippen MR) is 67.7 cm³/mol. The van der Waals surface area contributed by atoms with Gasteiger partial charge in [-0.1, -0.05) is 6.92 Å². The zero-order valence-electron chi connectivity index (χ0n) is 10.2. The smallest absolute Gasteiger partial charge is 0.365 e. The molecular weight excluding hydrogens is 268 g/mol. The van der Waals surface area contributed by atoms with E-state index in [0.29, 0.717) is 30.1 Å². The molecule has 0 heterocycles. The van der Waals surface area contributed by atoms with Crippen LogP contribution in [-0.4, -0.2) is 41.9 Å². The summed E-state index contributed by atoms with van der Waals surface area (Å²) in [4.78, 5) is 0. The fourth-order valence-corrected chi connectivity index (χ4v) is 10.8. The molecule has 16 heavy (non-hydrogen) atoms. The molecule has 0 aliphatic heterocycles. The molecule has 0 aromatic rings. The second kappa shape index (κ2) is 7.67. The van der Waals surface area contributed by atoms with Crippen LogP contribution < -0.4 is 0 Å². The van der Waals surface area contributed by atoms with E-state index in [1.165, 1.54) is 0 Å². The van der Waals surface area contributed by atoms with Gasteiger partial charge in [-0.3, -0.25) is 0 Å². The van der Waals surface area contributed by atoms with Gasteiger partial charge in [0, 0.05) is 30.1 Å². The average molecular weight is 288 g/mol. The van der Waals surface area contributed by atoms with Crippen molar-refractivity contribution in [2.45, 2.75) is 27.7 Å². The van der Waals surface area contributed by atoms with Crippen molar-refractivity contribution in [3.05, 3.63) is 0 Å². The summed E-state index contributed by atoms with van der Waals surface area (Å²) in [7, 11) is -5.65. The summed E-state index contributed by atoms with van der Waals surface area (Å²) in [5, 5.41) is 0. The lowest BCUT2D eigenvalue weighted by Crippen LogP contribution is -2.44. The van der Waals surface area contributed by atoms with Gasteiger partial charge in [0.2, 0.25) is 8.87 Å². The van der Waals surface area contributed by atoms with Gasteiger partial charge in [-0.25, -0.2) is 8.42 Å². The zero-order valence-corrected chi connectivity index (χ0v) is 12.8. The summed E-state index contributed by atoms with van der Waals surface area (Å²) < 4.78 is 39.5. The highest BCUT2D eigenvalue weighted by Gasteiger charge is 2.47. The Bertz CT molecular complexity index is 263. The van der Waals surface area contributed by atoms with Crippen molar-refractivity contribution in [3.8, 4) is 0 Å². The Kier molecular flexibility index (Phi) is 7.86. The molecule has 0 radical (unpaired) electrons. The van der Waals surface area contributed by atoms with E-state index in [2.05, 4.69) is 0 Å². The van der Waals surface area contributed by atoms with E-state index in [-0.39, 0.29) is 5.75 Å². The van der Waals surface area contributed by atoms with Gasteiger partial charge in [-0.2, -0.15) is 0 Å². The van der Waals surface area contributed by atoms with Crippen molar-refractivity contribution in [1.82, 2.24) is 0 Å². The van der Waals surface area contributed by atoms with Gasteiger partial charge in [0.05, 0.1) is 5.75 Å². The van der Waals surface area contributed by atoms with E-state index in [0.717, 1.165) is 0 Å². The van der Waals surface area contributed by atoms with Crippen LogP contribution in [0.1, 0.15) is 27.7 Å². The standard InChI is InChI=1S/C8H20O5S2Si/c1-5-11-16(12-6-2,13-7-3)14-15(9,10)8-4/h5-8H2,1-4H3. The molecule has 0 unspecified atom stereocenters. The van der Waals surface area contributed by atoms with Gasteiger partial charge in [-0.05, 0) is 20.8 Å². The maximum Gasteiger partial charge on any atom is 0.588 e. The highest BCUT2D eigenvalue weighted by molar-refractivity contribution is 8.82. The van der Waals surface area contributed by atoms with Crippen molar-refractivity contribution >= 4 is 27.1 Å². The van der Waals surface area contributed by atoms with Crippen molar-refractivity contribution in [2.24, 2.45) is 0 Å². The lowest BCUT2D eigenvalue weighted by molar-refractivity contribution is 0.0970. The van der Waals surface area contributed by atoms with Crippen LogP contribution in [0.4, 0.5) is 0 Å². The second-order valence-corrected chi connectivity index (χ2v) is 11.5. The minimum Gasteiger partial charge on any atom is -0.365 e. The van der Waals surface area contributed by atoms with Crippen molar-refractivity contribution < 1.29 is 21.7 Å². The molecule has 0 saturated carbocycles. The summed E-state index contributed by atoms with van der Waals surface area (Å²) in [6, 6.07) is 0. The molecule has 8 heteroatoms. The normalized spacial score (nSPS) is 13.0. The van der Waals surface area contributed by atoms with Gasteiger partial charge in [0.25, 0.3) is 0 Å². The van der Waals surface area contributed by atoms with Crippen LogP contribution in [0.2, 0.25) is 0 Å². The zero-order chi connectivity index (χ0) is 12.7. The third-order valence-corrected chi connectivity index (χ3v) is 11.9. The van der Waals surface area contributed by atoms with Gasteiger partial charge in [-0.15, -0.1) is 0 Å². The molecule has 0 aromatic heterocycles. The topological polar surface area (TPSA) is 61.8 Å². The van der Waals surface area contributed by atoms with Gasteiger partial charge >= 0.3 is 7.95 Å². The SMILES string of the molecule is CCO[Si](OCC)(OCC)SS(=O)(=O)CC. The molecular formula is C8H20O5S2Si. The van der Waals surface area contributed by atoms with Crippen LogP contribution in [0.3, 0.4) is 0 Å². The Morgan fingerprint density at radius 3 is 1.56 bits per heavy atom. The Labute approximate surface area is 102 Å². The lowest BCUT2D eigenvalue weighted by atomic mass is 10.9. The van der Waals surface area contributed by atoms with Crippen LogP contribution in [-0.2, 0) is 22.1 Å². The summed E-state index contributed by atoms with van der Waals surface area (Å²) in [5.41, 5.74) is 0. The Balaban J connectivity index is 4.85. The molecule has 0 atom stereocenters. The molecule has 0 spiro atoms. The van der Waals surface area contributed by atoms with Crippen LogP contribution in [0.15, 0.2) is 0 Å². The highest BCUT2D eigenvalue weighted by Crippen LogP contribution is 2.30. The fraction of sp³-hybridized carbons (Fsp3) is 1.00. The van der Waals surface area contributed by atoms with E-state index >= 15 is 0 Å². The maximum absolute atomic E-state index is 11.6. The Hall–Kier alpha value is 0.397. The van der Waals surface area contributed by atoms with Crippen molar-refractivity contribution in [1.29, 1.82) is 0 Å². The molecule has 0 N–H and O–H groups in total. The minimum absolute atomic E-state index is 0.0413. The van der Waals surface area contributed by atoms with E-state index in [4.69, 9.17) is 13.3 Å². The summed E-state index contributed by atoms with van der Waals surface area (Å²) >= 11 is 0. The number of hydrogen-bond acceptors (Lipinski definition) is 6.